The number of hydrogen-bond acceptors (Lipinski definition) is 6. The molecule has 1 aromatic heterocycles. The quantitative estimate of drug-likeness (QED) is 0.483. The van der Waals surface area contributed by atoms with Crippen LogP contribution in [-0.2, 0) is 11.2 Å². The molecule has 2 saturated heterocycles. The molecule has 3 heterocycles. The molecule has 0 unspecified atom stereocenters. The van der Waals surface area contributed by atoms with Crippen molar-refractivity contribution in [3.8, 4) is 5.75 Å². The molecule has 2 aliphatic rings. The van der Waals surface area contributed by atoms with E-state index in [1.165, 1.54) is 5.56 Å². The van der Waals surface area contributed by atoms with Crippen LogP contribution in [0.5, 0.6) is 5.75 Å². The molecule has 2 aliphatic heterocycles. The maximum atomic E-state index is 13.3. The second-order valence-electron chi connectivity index (χ2n) is 10.3. The van der Waals surface area contributed by atoms with Gasteiger partial charge in [-0.05, 0) is 79.6 Å². The minimum Gasteiger partial charge on any atom is -0.497 e. The molecule has 0 saturated carbocycles. The molecule has 2 amide bonds. The Hall–Kier alpha value is -3.91. The number of carbonyl (C=O) groups is 2. The number of benzene rings is 2. The number of likely N-dealkylation sites (tertiary alicyclic amines) is 1. The van der Waals surface area contributed by atoms with Gasteiger partial charge in [-0.3, -0.25) is 9.59 Å². The van der Waals surface area contributed by atoms with Crippen LogP contribution >= 0.6 is 0 Å². The van der Waals surface area contributed by atoms with Gasteiger partial charge >= 0.3 is 0 Å². The number of nitrogens with one attached hydrogen (secondary N) is 1. The van der Waals surface area contributed by atoms with E-state index in [0.717, 1.165) is 62.6 Å². The monoisotopic (exact) mass is 528 g/mol. The van der Waals surface area contributed by atoms with E-state index in [1.54, 1.807) is 25.4 Å². The zero-order valence-corrected chi connectivity index (χ0v) is 22.7. The molecule has 2 fully saturated rings. The number of amides is 2. The number of piperidine rings is 1. The van der Waals surface area contributed by atoms with Gasteiger partial charge in [0.15, 0.2) is 0 Å². The van der Waals surface area contributed by atoms with E-state index in [2.05, 4.69) is 27.3 Å². The molecule has 8 heteroatoms. The third-order valence-electron chi connectivity index (χ3n) is 7.66. The number of ether oxygens (including phenoxy) is 2. The first kappa shape index (κ1) is 26.7. The standard InChI is InChI=1S/C31H36N4O4/c1-22-3-6-25(31(37)35-13-11-24(12-14-35)19-23-4-8-27(38-2)9-5-23)20-28(22)33-30(36)26-7-10-29(32-21-26)34-15-17-39-18-16-34/h3-10,20-21,24H,11-19H2,1-2H3,(H,33,36). The number of morpholine rings is 1. The third kappa shape index (κ3) is 6.57. The Labute approximate surface area is 229 Å². The van der Waals surface area contributed by atoms with Gasteiger partial charge in [-0.25, -0.2) is 4.98 Å². The highest BCUT2D eigenvalue weighted by atomic mass is 16.5. The number of hydrogen-bond donors (Lipinski definition) is 1. The molecule has 5 rings (SSSR count). The molecule has 8 nitrogen and oxygen atoms in total. The lowest BCUT2D eigenvalue weighted by molar-refractivity contribution is 0.0690. The fourth-order valence-electron chi connectivity index (χ4n) is 5.20. The molecule has 0 aliphatic carbocycles. The lowest BCUT2D eigenvalue weighted by atomic mass is 9.90. The number of rotatable bonds is 7. The summed E-state index contributed by atoms with van der Waals surface area (Å²) >= 11 is 0. The predicted octanol–water partition coefficient (Wildman–Crippen LogP) is 4.58. The molecule has 0 radical (unpaired) electrons. The van der Waals surface area contributed by atoms with Crippen molar-refractivity contribution in [1.82, 2.24) is 9.88 Å². The number of nitrogens with zero attached hydrogens (tertiary/aromatic N) is 3. The van der Waals surface area contributed by atoms with Crippen molar-refractivity contribution >= 4 is 23.3 Å². The van der Waals surface area contributed by atoms with Gasteiger partial charge in [-0.1, -0.05) is 18.2 Å². The van der Waals surface area contributed by atoms with Crippen LogP contribution in [0.2, 0.25) is 0 Å². The largest absolute Gasteiger partial charge is 0.497 e. The minimum atomic E-state index is -0.247. The SMILES string of the molecule is COc1ccc(CC2CCN(C(=O)c3ccc(C)c(NC(=O)c4ccc(N5CCOCC5)nc4)c3)CC2)cc1. The lowest BCUT2D eigenvalue weighted by Crippen LogP contribution is -2.39. The maximum Gasteiger partial charge on any atom is 0.257 e. The van der Waals surface area contributed by atoms with Crippen molar-refractivity contribution in [3.63, 3.8) is 0 Å². The average Bonchev–Trinajstić information content (AvgIpc) is 2.99. The zero-order valence-electron chi connectivity index (χ0n) is 22.7. The predicted molar refractivity (Wildman–Crippen MR) is 152 cm³/mol. The van der Waals surface area contributed by atoms with Crippen LogP contribution in [0.15, 0.2) is 60.8 Å². The summed E-state index contributed by atoms with van der Waals surface area (Å²) in [6, 6.07) is 17.4. The Morgan fingerprint density at radius 3 is 2.36 bits per heavy atom. The van der Waals surface area contributed by atoms with E-state index in [1.807, 2.05) is 42.2 Å². The van der Waals surface area contributed by atoms with Crippen molar-refractivity contribution in [2.75, 3.05) is 56.7 Å². The van der Waals surface area contributed by atoms with Crippen LogP contribution in [0.25, 0.3) is 0 Å². The molecule has 0 bridgehead atoms. The van der Waals surface area contributed by atoms with E-state index in [0.29, 0.717) is 35.9 Å². The van der Waals surface area contributed by atoms with Gasteiger partial charge in [0.05, 0.1) is 25.9 Å². The van der Waals surface area contributed by atoms with Gasteiger partial charge in [-0.2, -0.15) is 0 Å². The van der Waals surface area contributed by atoms with Crippen molar-refractivity contribution < 1.29 is 19.1 Å². The highest BCUT2D eigenvalue weighted by Crippen LogP contribution is 2.25. The van der Waals surface area contributed by atoms with E-state index in [9.17, 15) is 9.59 Å². The smallest absolute Gasteiger partial charge is 0.257 e. The highest BCUT2D eigenvalue weighted by molar-refractivity contribution is 6.05. The Kier molecular flexibility index (Phi) is 8.42. The summed E-state index contributed by atoms with van der Waals surface area (Å²) in [7, 11) is 1.68. The second-order valence-corrected chi connectivity index (χ2v) is 10.3. The van der Waals surface area contributed by atoms with Gasteiger partial charge in [0.2, 0.25) is 0 Å². The Balaban J connectivity index is 1.17. The van der Waals surface area contributed by atoms with Crippen LogP contribution in [0.4, 0.5) is 11.5 Å². The maximum absolute atomic E-state index is 13.3. The number of methoxy groups -OCH3 is 1. The Bertz CT molecular complexity index is 1280. The molecule has 39 heavy (non-hydrogen) atoms. The van der Waals surface area contributed by atoms with Crippen LogP contribution in [-0.4, -0.2) is 68.2 Å². The number of aromatic nitrogens is 1. The summed E-state index contributed by atoms with van der Waals surface area (Å²) in [6.07, 6.45) is 4.55. The van der Waals surface area contributed by atoms with Crippen molar-refractivity contribution in [2.45, 2.75) is 26.2 Å². The van der Waals surface area contributed by atoms with Crippen molar-refractivity contribution in [3.05, 3.63) is 83.0 Å². The summed E-state index contributed by atoms with van der Waals surface area (Å²) in [4.78, 5) is 34.8. The van der Waals surface area contributed by atoms with E-state index < -0.39 is 0 Å². The summed E-state index contributed by atoms with van der Waals surface area (Å²) in [5.74, 6) is 2.02. The number of pyridine rings is 1. The first-order valence-corrected chi connectivity index (χ1v) is 13.6. The van der Waals surface area contributed by atoms with Gasteiger partial charge < -0.3 is 24.6 Å². The van der Waals surface area contributed by atoms with E-state index >= 15 is 0 Å². The second kappa shape index (κ2) is 12.3. The number of anilines is 2. The molecular weight excluding hydrogens is 492 g/mol. The molecule has 3 aromatic rings. The molecule has 2 aromatic carbocycles. The van der Waals surface area contributed by atoms with Crippen molar-refractivity contribution in [1.29, 1.82) is 0 Å². The zero-order chi connectivity index (χ0) is 27.2. The van der Waals surface area contributed by atoms with Crippen molar-refractivity contribution in [2.24, 2.45) is 5.92 Å². The van der Waals surface area contributed by atoms with Gasteiger partial charge in [0, 0.05) is 43.6 Å². The molecule has 0 spiro atoms. The summed E-state index contributed by atoms with van der Waals surface area (Å²) in [6.45, 7) is 6.33. The average molecular weight is 529 g/mol. The minimum absolute atomic E-state index is 0.00456. The molecule has 1 N–H and O–H groups in total. The lowest BCUT2D eigenvalue weighted by Gasteiger charge is -2.32. The molecule has 204 valence electrons. The topological polar surface area (TPSA) is 84.0 Å². The normalized spacial score (nSPS) is 16.2. The van der Waals surface area contributed by atoms with Crippen LogP contribution in [0, 0.1) is 12.8 Å². The molecule has 0 atom stereocenters. The number of aryl methyl sites for hydroxylation is 1. The first-order valence-electron chi connectivity index (χ1n) is 13.6. The summed E-state index contributed by atoms with van der Waals surface area (Å²) < 4.78 is 10.6. The highest BCUT2D eigenvalue weighted by Gasteiger charge is 2.24. The van der Waals surface area contributed by atoms with Gasteiger partial charge in [0.1, 0.15) is 11.6 Å². The van der Waals surface area contributed by atoms with E-state index in [-0.39, 0.29) is 11.8 Å². The fraction of sp³-hybridized carbons (Fsp3) is 0.387. The van der Waals surface area contributed by atoms with Gasteiger partial charge in [-0.15, -0.1) is 0 Å². The Morgan fingerprint density at radius 2 is 1.69 bits per heavy atom. The summed E-state index contributed by atoms with van der Waals surface area (Å²) in [5, 5.41) is 2.97. The van der Waals surface area contributed by atoms with Gasteiger partial charge in [0.25, 0.3) is 11.8 Å². The molecular formula is C31H36N4O4. The first-order chi connectivity index (χ1) is 19.0. The number of carbonyl (C=O) groups excluding carboxylic acids is 2. The van der Waals surface area contributed by atoms with E-state index in [4.69, 9.17) is 9.47 Å². The third-order valence-corrected chi connectivity index (χ3v) is 7.66. The van der Waals surface area contributed by atoms with Crippen LogP contribution in [0.3, 0.4) is 0 Å². The van der Waals surface area contributed by atoms with Crippen LogP contribution < -0.4 is 15.0 Å². The van der Waals surface area contributed by atoms with Crippen LogP contribution in [0.1, 0.15) is 44.7 Å². The Morgan fingerprint density at radius 1 is 0.974 bits per heavy atom. The fourth-order valence-corrected chi connectivity index (χ4v) is 5.20. The summed E-state index contributed by atoms with van der Waals surface area (Å²) in [5.41, 5.74) is 3.89.